The number of nitrogens with one attached hydrogen (secondary N) is 2. The zero-order chi connectivity index (χ0) is 20.6. The van der Waals surface area contributed by atoms with E-state index in [-0.39, 0.29) is 0 Å². The van der Waals surface area contributed by atoms with Gasteiger partial charge in [0.15, 0.2) is 5.96 Å². The minimum absolute atomic E-state index is 0.314. The molecule has 1 unspecified atom stereocenters. The van der Waals surface area contributed by atoms with Crippen LogP contribution in [0.25, 0.3) is 0 Å². The van der Waals surface area contributed by atoms with E-state index in [1.807, 2.05) is 42.5 Å². The van der Waals surface area contributed by atoms with Crippen LogP contribution >= 0.6 is 0 Å². The molecule has 7 nitrogen and oxygen atoms in total. The molecule has 3 rings (SSSR count). The van der Waals surface area contributed by atoms with Crippen molar-refractivity contribution in [2.24, 2.45) is 4.99 Å². The molecule has 1 fully saturated rings. The van der Waals surface area contributed by atoms with E-state index < -0.39 is 0 Å². The van der Waals surface area contributed by atoms with Gasteiger partial charge in [0.1, 0.15) is 17.2 Å². The molecule has 2 N–H and O–H groups in total. The fourth-order valence-electron chi connectivity index (χ4n) is 3.40. The van der Waals surface area contributed by atoms with Gasteiger partial charge in [-0.3, -0.25) is 4.99 Å². The van der Waals surface area contributed by atoms with Gasteiger partial charge < -0.3 is 29.7 Å². The Morgan fingerprint density at radius 2 is 1.66 bits per heavy atom. The fourth-order valence-corrected chi connectivity index (χ4v) is 3.40. The van der Waals surface area contributed by atoms with Crippen molar-refractivity contribution in [3.63, 3.8) is 0 Å². The summed E-state index contributed by atoms with van der Waals surface area (Å²) in [6.45, 7) is 2.55. The van der Waals surface area contributed by atoms with E-state index in [0.717, 1.165) is 48.4 Å². The lowest BCUT2D eigenvalue weighted by molar-refractivity contribution is 0.394. The predicted molar refractivity (Wildman–Crippen MR) is 116 cm³/mol. The number of rotatable bonds is 7. The van der Waals surface area contributed by atoms with E-state index >= 15 is 0 Å². The number of anilines is 1. The van der Waals surface area contributed by atoms with Gasteiger partial charge in [0.25, 0.3) is 0 Å². The van der Waals surface area contributed by atoms with Crippen molar-refractivity contribution < 1.29 is 14.2 Å². The Bertz CT molecular complexity index is 801. The molecule has 1 aliphatic heterocycles. The van der Waals surface area contributed by atoms with Gasteiger partial charge in [-0.05, 0) is 24.1 Å². The average molecular weight is 399 g/mol. The summed E-state index contributed by atoms with van der Waals surface area (Å²) in [5.41, 5.74) is 2.27. The van der Waals surface area contributed by atoms with Gasteiger partial charge in [-0.1, -0.05) is 12.1 Å². The zero-order valence-electron chi connectivity index (χ0n) is 17.6. The molecule has 0 spiro atoms. The quantitative estimate of drug-likeness (QED) is 0.552. The zero-order valence-corrected chi connectivity index (χ0v) is 17.6. The number of guanidine groups is 1. The predicted octanol–water partition coefficient (Wildman–Crippen LogP) is 2.66. The Morgan fingerprint density at radius 3 is 2.24 bits per heavy atom. The van der Waals surface area contributed by atoms with Crippen molar-refractivity contribution in [1.82, 2.24) is 10.6 Å². The summed E-state index contributed by atoms with van der Waals surface area (Å²) >= 11 is 0. The second-order valence-corrected chi connectivity index (χ2v) is 6.92. The lowest BCUT2D eigenvalue weighted by Crippen LogP contribution is -2.44. The summed E-state index contributed by atoms with van der Waals surface area (Å²) in [7, 11) is 6.81. The topological polar surface area (TPSA) is 67.4 Å². The van der Waals surface area contributed by atoms with E-state index in [9.17, 15) is 0 Å². The molecule has 0 bridgehead atoms. The van der Waals surface area contributed by atoms with Crippen LogP contribution in [0.3, 0.4) is 0 Å². The first-order valence-electron chi connectivity index (χ1n) is 9.73. The normalized spacial score (nSPS) is 16.5. The molecule has 1 heterocycles. The summed E-state index contributed by atoms with van der Waals surface area (Å²) in [6.07, 6.45) is 1.03. The van der Waals surface area contributed by atoms with Crippen molar-refractivity contribution in [2.45, 2.75) is 19.0 Å². The summed E-state index contributed by atoms with van der Waals surface area (Å²) < 4.78 is 16.0. The Kier molecular flexibility index (Phi) is 7.05. The van der Waals surface area contributed by atoms with Gasteiger partial charge in [-0.2, -0.15) is 0 Å². The van der Waals surface area contributed by atoms with Gasteiger partial charge >= 0.3 is 0 Å². The smallest absolute Gasteiger partial charge is 0.191 e. The molecule has 156 valence electrons. The third kappa shape index (κ3) is 5.47. The SMILES string of the molecule is CN=C(NCc1ccc(OC)cc1)NC1CCN(c2cc(OC)cc(OC)c2)C1. The van der Waals surface area contributed by atoms with Gasteiger partial charge in [0.2, 0.25) is 0 Å². The van der Waals surface area contributed by atoms with Crippen LogP contribution in [0.4, 0.5) is 5.69 Å². The number of benzene rings is 2. The van der Waals surface area contributed by atoms with Crippen LogP contribution in [-0.4, -0.2) is 53.5 Å². The summed E-state index contributed by atoms with van der Waals surface area (Å²) in [4.78, 5) is 6.70. The minimum atomic E-state index is 0.314. The Hall–Kier alpha value is -3.09. The minimum Gasteiger partial charge on any atom is -0.497 e. The molecule has 1 atom stereocenters. The monoisotopic (exact) mass is 398 g/mol. The van der Waals surface area contributed by atoms with Gasteiger partial charge in [-0.25, -0.2) is 0 Å². The number of hydrogen-bond acceptors (Lipinski definition) is 5. The van der Waals surface area contributed by atoms with Crippen molar-refractivity contribution in [1.29, 1.82) is 0 Å². The highest BCUT2D eigenvalue weighted by Gasteiger charge is 2.24. The molecule has 29 heavy (non-hydrogen) atoms. The van der Waals surface area contributed by atoms with Crippen LogP contribution in [0.5, 0.6) is 17.2 Å². The lowest BCUT2D eigenvalue weighted by atomic mass is 10.2. The molecule has 0 amide bonds. The lowest BCUT2D eigenvalue weighted by Gasteiger charge is -2.21. The number of aliphatic imine (C=N–C) groups is 1. The highest BCUT2D eigenvalue weighted by Crippen LogP contribution is 2.30. The Morgan fingerprint density at radius 1 is 1.00 bits per heavy atom. The molecular weight excluding hydrogens is 368 g/mol. The molecule has 7 heteroatoms. The molecule has 2 aromatic rings. The van der Waals surface area contributed by atoms with E-state index in [2.05, 4.69) is 20.5 Å². The van der Waals surface area contributed by atoms with Crippen molar-refractivity contribution >= 4 is 11.6 Å². The van der Waals surface area contributed by atoms with Gasteiger partial charge in [-0.15, -0.1) is 0 Å². The van der Waals surface area contributed by atoms with Gasteiger partial charge in [0.05, 0.1) is 21.3 Å². The first-order chi connectivity index (χ1) is 14.1. The van der Waals surface area contributed by atoms with Crippen LogP contribution in [0.1, 0.15) is 12.0 Å². The van der Waals surface area contributed by atoms with Gasteiger partial charge in [0, 0.05) is 56.6 Å². The fraction of sp³-hybridized carbons (Fsp3) is 0.409. The third-order valence-electron chi connectivity index (χ3n) is 5.07. The third-order valence-corrected chi connectivity index (χ3v) is 5.07. The Labute approximate surface area is 172 Å². The van der Waals surface area contributed by atoms with E-state index in [4.69, 9.17) is 14.2 Å². The number of nitrogens with zero attached hydrogens (tertiary/aromatic N) is 2. The maximum Gasteiger partial charge on any atom is 0.191 e. The van der Waals surface area contributed by atoms with Crippen molar-refractivity contribution in [3.8, 4) is 17.2 Å². The van der Waals surface area contributed by atoms with Crippen LogP contribution in [-0.2, 0) is 6.54 Å². The molecule has 2 aromatic carbocycles. The van der Waals surface area contributed by atoms with Crippen LogP contribution in [0, 0.1) is 0 Å². The molecule has 0 saturated carbocycles. The molecule has 1 saturated heterocycles. The van der Waals surface area contributed by atoms with Crippen molar-refractivity contribution in [3.05, 3.63) is 48.0 Å². The highest BCUT2D eigenvalue weighted by molar-refractivity contribution is 5.80. The second-order valence-electron chi connectivity index (χ2n) is 6.92. The highest BCUT2D eigenvalue weighted by atomic mass is 16.5. The molecule has 0 aromatic heterocycles. The number of methoxy groups -OCH3 is 3. The molecule has 0 radical (unpaired) electrons. The molecule has 1 aliphatic rings. The van der Waals surface area contributed by atoms with E-state index in [1.165, 1.54) is 5.56 Å². The summed E-state index contributed by atoms with van der Waals surface area (Å²) in [5.74, 6) is 3.26. The number of ether oxygens (including phenoxy) is 3. The van der Waals surface area contributed by atoms with E-state index in [1.54, 1.807) is 28.4 Å². The molecular formula is C22H30N4O3. The summed E-state index contributed by atoms with van der Waals surface area (Å²) in [6, 6.07) is 14.3. The van der Waals surface area contributed by atoms with E-state index in [0.29, 0.717) is 12.6 Å². The van der Waals surface area contributed by atoms with Crippen LogP contribution in [0.2, 0.25) is 0 Å². The maximum atomic E-state index is 5.39. The van der Waals surface area contributed by atoms with Crippen LogP contribution in [0.15, 0.2) is 47.5 Å². The Balaban J connectivity index is 1.55. The second kappa shape index (κ2) is 9.91. The largest absolute Gasteiger partial charge is 0.497 e. The first-order valence-corrected chi connectivity index (χ1v) is 9.73. The standard InChI is InChI=1S/C22H30N4O3/c1-23-22(24-14-16-5-7-19(27-2)8-6-16)25-17-9-10-26(15-17)18-11-20(28-3)13-21(12-18)29-4/h5-8,11-13,17H,9-10,14-15H2,1-4H3,(H2,23,24,25). The maximum absolute atomic E-state index is 5.39. The first kappa shape index (κ1) is 20.6. The number of hydrogen-bond donors (Lipinski definition) is 2. The summed E-state index contributed by atoms with van der Waals surface area (Å²) in [5, 5.41) is 6.91. The van der Waals surface area contributed by atoms with Crippen LogP contribution < -0.4 is 29.7 Å². The average Bonchev–Trinajstić information content (AvgIpc) is 3.25. The van der Waals surface area contributed by atoms with Crippen molar-refractivity contribution in [2.75, 3.05) is 46.4 Å². The molecule has 0 aliphatic carbocycles.